The van der Waals surface area contributed by atoms with Gasteiger partial charge in [-0.1, -0.05) is 59.5 Å². The van der Waals surface area contributed by atoms with Crippen LogP contribution in [-0.2, 0) is 21.8 Å². The number of nitrogens with zero attached hydrogens (tertiary/aromatic N) is 3. The summed E-state index contributed by atoms with van der Waals surface area (Å²) >= 11 is 4.72. The van der Waals surface area contributed by atoms with E-state index in [1.165, 1.54) is 16.2 Å². The average Bonchev–Trinajstić information content (AvgIpc) is 3.45. The maximum Gasteiger partial charge on any atom is 0.231 e. The van der Waals surface area contributed by atoms with E-state index in [1.54, 1.807) is 23.1 Å². The van der Waals surface area contributed by atoms with Crippen LogP contribution < -0.4 is 5.32 Å². The lowest BCUT2D eigenvalue weighted by Crippen LogP contribution is -2.44. The van der Waals surface area contributed by atoms with Gasteiger partial charge < -0.3 is 10.2 Å². The van der Waals surface area contributed by atoms with Crippen molar-refractivity contribution >= 4 is 51.4 Å². The first-order chi connectivity index (χ1) is 14.7. The molecular formula is C21H22N4O2S3. The molecule has 9 heteroatoms. The van der Waals surface area contributed by atoms with Crippen LogP contribution in [0.5, 0.6) is 0 Å². The number of amides is 2. The molecule has 6 nitrogen and oxygen atoms in total. The van der Waals surface area contributed by atoms with Crippen molar-refractivity contribution in [1.29, 1.82) is 0 Å². The van der Waals surface area contributed by atoms with Gasteiger partial charge in [-0.3, -0.25) is 9.59 Å². The number of hydrogen-bond donors (Lipinski definition) is 1. The fourth-order valence-electron chi connectivity index (χ4n) is 3.35. The van der Waals surface area contributed by atoms with Crippen LogP contribution in [0.1, 0.15) is 23.3 Å². The van der Waals surface area contributed by atoms with E-state index in [2.05, 4.69) is 27.0 Å². The second kappa shape index (κ2) is 10.2. The molecule has 0 spiro atoms. The number of piperidine rings is 1. The molecule has 2 amide bonds. The average molecular weight is 459 g/mol. The van der Waals surface area contributed by atoms with E-state index in [0.29, 0.717) is 24.6 Å². The molecule has 1 aromatic carbocycles. The highest BCUT2D eigenvalue weighted by atomic mass is 32.2. The predicted molar refractivity (Wildman–Crippen MR) is 122 cm³/mol. The van der Waals surface area contributed by atoms with Crippen molar-refractivity contribution in [3.05, 3.63) is 58.3 Å². The molecule has 0 bridgehead atoms. The summed E-state index contributed by atoms with van der Waals surface area (Å²) in [4.78, 5) is 28.5. The van der Waals surface area contributed by atoms with Crippen molar-refractivity contribution in [3.8, 4) is 0 Å². The molecule has 1 atom stereocenters. The van der Waals surface area contributed by atoms with Gasteiger partial charge in [0.2, 0.25) is 16.9 Å². The maximum absolute atomic E-state index is 12.7. The zero-order valence-electron chi connectivity index (χ0n) is 16.3. The number of benzene rings is 1. The van der Waals surface area contributed by atoms with Gasteiger partial charge in [0.05, 0.1) is 12.3 Å². The Hall–Kier alpha value is -2.23. The summed E-state index contributed by atoms with van der Waals surface area (Å²) < 4.78 is 0.835. The molecule has 156 valence electrons. The molecule has 3 heterocycles. The summed E-state index contributed by atoms with van der Waals surface area (Å²) in [6.45, 7) is 1.16. The van der Waals surface area contributed by atoms with Crippen LogP contribution in [0.15, 0.2) is 52.2 Å². The number of nitrogens with one attached hydrogen (secondary N) is 1. The second-order valence-corrected chi connectivity index (χ2v) is 10.3. The Kier molecular flexibility index (Phi) is 7.14. The van der Waals surface area contributed by atoms with Gasteiger partial charge >= 0.3 is 0 Å². The molecule has 0 radical (unpaired) electrons. The van der Waals surface area contributed by atoms with Crippen molar-refractivity contribution in [1.82, 2.24) is 15.1 Å². The summed E-state index contributed by atoms with van der Waals surface area (Å²) in [6.07, 6.45) is 1.98. The largest absolute Gasteiger partial charge is 0.342 e. The van der Waals surface area contributed by atoms with E-state index >= 15 is 0 Å². The Morgan fingerprint density at radius 3 is 2.83 bits per heavy atom. The summed E-state index contributed by atoms with van der Waals surface area (Å²) in [5.74, 6) is 0.617. The normalized spacial score (nSPS) is 16.4. The Bertz CT molecular complexity index is 975. The van der Waals surface area contributed by atoms with E-state index < -0.39 is 0 Å². The molecule has 1 aliphatic heterocycles. The number of carbonyl (C=O) groups excluding carboxylic acids is 2. The number of hydrogen-bond acceptors (Lipinski definition) is 7. The molecule has 1 aliphatic rings. The van der Waals surface area contributed by atoms with Gasteiger partial charge in [-0.2, -0.15) is 0 Å². The molecular weight excluding hydrogens is 436 g/mol. The zero-order valence-corrected chi connectivity index (χ0v) is 18.8. The van der Waals surface area contributed by atoms with Gasteiger partial charge in [0.15, 0.2) is 4.34 Å². The summed E-state index contributed by atoms with van der Waals surface area (Å²) in [5.41, 5.74) is 0.996. The van der Waals surface area contributed by atoms with Crippen molar-refractivity contribution in [2.75, 3.05) is 18.4 Å². The molecule has 1 fully saturated rings. The Morgan fingerprint density at radius 2 is 2.03 bits per heavy atom. The first kappa shape index (κ1) is 21.0. The number of rotatable bonds is 7. The zero-order chi connectivity index (χ0) is 20.8. The summed E-state index contributed by atoms with van der Waals surface area (Å²) in [6, 6.07) is 13.8. The smallest absolute Gasteiger partial charge is 0.231 e. The maximum atomic E-state index is 12.7. The van der Waals surface area contributed by atoms with Crippen LogP contribution in [-0.4, -0.2) is 40.0 Å². The minimum atomic E-state index is -0.218. The molecule has 30 heavy (non-hydrogen) atoms. The molecule has 3 aromatic rings. The Balaban J connectivity index is 1.28. The fourth-order valence-corrected chi connectivity index (χ4v) is 5.88. The highest BCUT2D eigenvalue weighted by Crippen LogP contribution is 2.30. The fraction of sp³-hybridized carbons (Fsp3) is 0.333. The first-order valence-electron chi connectivity index (χ1n) is 9.78. The molecule has 2 aromatic heterocycles. The number of carbonyl (C=O) groups is 2. The van der Waals surface area contributed by atoms with E-state index in [1.807, 2.05) is 41.3 Å². The van der Waals surface area contributed by atoms with E-state index in [9.17, 15) is 9.59 Å². The third kappa shape index (κ3) is 5.68. The van der Waals surface area contributed by atoms with Gasteiger partial charge in [0, 0.05) is 23.7 Å². The molecule has 4 rings (SSSR count). The van der Waals surface area contributed by atoms with Gasteiger partial charge in [-0.05, 0) is 29.9 Å². The van der Waals surface area contributed by atoms with E-state index in [0.717, 1.165) is 28.5 Å². The van der Waals surface area contributed by atoms with Crippen molar-refractivity contribution in [2.45, 2.75) is 29.4 Å². The number of likely N-dealkylation sites (tertiary alicyclic amines) is 1. The Labute approximate surface area is 187 Å². The topological polar surface area (TPSA) is 75.2 Å². The Morgan fingerprint density at radius 1 is 1.17 bits per heavy atom. The summed E-state index contributed by atoms with van der Waals surface area (Å²) in [7, 11) is 0. The van der Waals surface area contributed by atoms with Crippen molar-refractivity contribution < 1.29 is 9.59 Å². The monoisotopic (exact) mass is 458 g/mol. The van der Waals surface area contributed by atoms with Crippen LogP contribution in [0.3, 0.4) is 0 Å². The molecule has 0 saturated carbocycles. The predicted octanol–water partition coefficient (Wildman–Crippen LogP) is 4.31. The lowest BCUT2D eigenvalue weighted by Gasteiger charge is -2.32. The highest BCUT2D eigenvalue weighted by Gasteiger charge is 2.29. The minimum Gasteiger partial charge on any atom is -0.342 e. The minimum absolute atomic E-state index is 0.0712. The van der Waals surface area contributed by atoms with Gasteiger partial charge in [-0.25, -0.2) is 0 Å². The number of thioether (sulfide) groups is 1. The van der Waals surface area contributed by atoms with Crippen LogP contribution in [0.4, 0.5) is 5.13 Å². The molecule has 1 saturated heterocycles. The third-order valence-corrected chi connectivity index (χ3v) is 7.98. The van der Waals surface area contributed by atoms with Crippen LogP contribution in [0.25, 0.3) is 0 Å². The standard InChI is InChI=1S/C21H22N4O2S3/c26-18(12-15-6-2-1-3-7-15)25-10-4-8-16(13-25)19(27)22-20-23-24-21(30-20)29-14-17-9-5-11-28-17/h1-3,5-7,9,11,16H,4,8,10,12-14H2,(H,22,23,27). The van der Waals surface area contributed by atoms with Crippen LogP contribution in [0.2, 0.25) is 0 Å². The van der Waals surface area contributed by atoms with Gasteiger partial charge in [-0.15, -0.1) is 21.5 Å². The third-order valence-electron chi connectivity index (χ3n) is 4.90. The summed E-state index contributed by atoms with van der Waals surface area (Å²) in [5, 5.41) is 13.7. The molecule has 0 aliphatic carbocycles. The lowest BCUT2D eigenvalue weighted by atomic mass is 9.96. The quantitative estimate of drug-likeness (QED) is 0.422. The molecule has 1 unspecified atom stereocenters. The number of anilines is 1. The number of aromatic nitrogens is 2. The molecule has 1 N–H and O–H groups in total. The van der Waals surface area contributed by atoms with Crippen molar-refractivity contribution in [2.24, 2.45) is 5.92 Å². The highest BCUT2D eigenvalue weighted by molar-refractivity contribution is 8.00. The number of thiophene rings is 1. The van der Waals surface area contributed by atoms with Crippen LogP contribution >= 0.6 is 34.4 Å². The first-order valence-corrected chi connectivity index (χ1v) is 12.5. The van der Waals surface area contributed by atoms with E-state index in [4.69, 9.17) is 0 Å². The van der Waals surface area contributed by atoms with Gasteiger partial charge in [0.25, 0.3) is 0 Å². The van der Waals surface area contributed by atoms with Crippen LogP contribution in [0, 0.1) is 5.92 Å². The van der Waals surface area contributed by atoms with E-state index in [-0.39, 0.29) is 17.7 Å². The second-order valence-electron chi connectivity index (χ2n) is 7.07. The van der Waals surface area contributed by atoms with Crippen molar-refractivity contribution in [3.63, 3.8) is 0 Å². The van der Waals surface area contributed by atoms with Gasteiger partial charge in [0.1, 0.15) is 0 Å². The lowest BCUT2D eigenvalue weighted by molar-refractivity contribution is -0.133. The SMILES string of the molecule is O=C(Nc1nnc(SCc2cccs2)s1)C1CCCN(C(=O)Cc2ccccc2)C1.